The fraction of sp³-hybridized carbons (Fsp3) is 0.333. The molecule has 1 fully saturated rings. The average Bonchev–Trinajstić information content (AvgIpc) is 2.64. The smallest absolute Gasteiger partial charge is 0.261 e. The summed E-state index contributed by atoms with van der Waals surface area (Å²) >= 11 is 0. The monoisotopic (exact) mass is 256 g/mol. The minimum absolute atomic E-state index is 0.0225. The molecular weight excluding hydrogens is 240 g/mol. The Morgan fingerprint density at radius 3 is 3.11 bits per heavy atom. The van der Waals surface area contributed by atoms with Gasteiger partial charge in [-0.1, -0.05) is 18.2 Å². The van der Waals surface area contributed by atoms with Crippen molar-refractivity contribution in [2.24, 2.45) is 0 Å². The maximum absolute atomic E-state index is 11.8. The lowest BCUT2D eigenvalue weighted by Gasteiger charge is -2.15. The van der Waals surface area contributed by atoms with E-state index < -0.39 is 6.10 Å². The lowest BCUT2D eigenvalue weighted by Crippen LogP contribution is -2.36. The zero-order valence-corrected chi connectivity index (χ0v) is 10.6. The Bertz CT molecular complexity index is 597. The topological polar surface area (TPSA) is 51.2 Å². The number of nitrogens with one attached hydrogen (secondary N) is 1. The van der Waals surface area contributed by atoms with E-state index in [1.165, 1.54) is 0 Å². The van der Waals surface area contributed by atoms with Gasteiger partial charge in [-0.3, -0.25) is 9.78 Å². The SMILES string of the molecule is O=C1NCCCCC1Oc1cnc2ccccc2c1. The molecule has 1 unspecified atom stereocenters. The Balaban J connectivity index is 1.82. The molecule has 2 aromatic rings. The molecule has 1 amide bonds. The maximum Gasteiger partial charge on any atom is 0.261 e. The summed E-state index contributed by atoms with van der Waals surface area (Å²) in [5.41, 5.74) is 0.931. The second kappa shape index (κ2) is 5.26. The van der Waals surface area contributed by atoms with Crippen LogP contribution < -0.4 is 10.1 Å². The van der Waals surface area contributed by atoms with Gasteiger partial charge < -0.3 is 10.1 Å². The highest BCUT2D eigenvalue weighted by molar-refractivity contribution is 5.82. The van der Waals surface area contributed by atoms with Crippen molar-refractivity contribution >= 4 is 16.8 Å². The van der Waals surface area contributed by atoms with E-state index in [1.807, 2.05) is 30.3 Å². The van der Waals surface area contributed by atoms with Crippen LogP contribution in [0.3, 0.4) is 0 Å². The van der Waals surface area contributed by atoms with Gasteiger partial charge in [-0.25, -0.2) is 0 Å². The van der Waals surface area contributed by atoms with Gasteiger partial charge in [0.1, 0.15) is 5.75 Å². The van der Waals surface area contributed by atoms with Gasteiger partial charge in [-0.05, 0) is 31.4 Å². The van der Waals surface area contributed by atoms with Gasteiger partial charge in [0.2, 0.25) is 0 Å². The van der Waals surface area contributed by atoms with E-state index in [1.54, 1.807) is 6.20 Å². The van der Waals surface area contributed by atoms with Crippen molar-refractivity contribution < 1.29 is 9.53 Å². The lowest BCUT2D eigenvalue weighted by atomic mass is 10.2. The lowest BCUT2D eigenvalue weighted by molar-refractivity contribution is -0.127. The van der Waals surface area contributed by atoms with E-state index in [0.29, 0.717) is 5.75 Å². The first-order chi connectivity index (χ1) is 9.33. The molecule has 98 valence electrons. The van der Waals surface area contributed by atoms with Crippen LogP contribution in [0.5, 0.6) is 5.75 Å². The molecule has 3 rings (SSSR count). The Kier molecular flexibility index (Phi) is 3.31. The predicted molar refractivity (Wildman–Crippen MR) is 73.0 cm³/mol. The first kappa shape index (κ1) is 12.0. The number of benzene rings is 1. The molecule has 4 nitrogen and oxygen atoms in total. The maximum atomic E-state index is 11.8. The van der Waals surface area contributed by atoms with Crippen LogP contribution in [0.4, 0.5) is 0 Å². The Labute approximate surface area is 111 Å². The molecule has 1 aliphatic rings. The number of amides is 1. The molecule has 0 radical (unpaired) electrons. The normalized spacial score (nSPS) is 19.8. The van der Waals surface area contributed by atoms with Crippen LogP contribution in [0.1, 0.15) is 19.3 Å². The second-order valence-corrected chi connectivity index (χ2v) is 4.76. The van der Waals surface area contributed by atoms with Crippen LogP contribution in [-0.2, 0) is 4.79 Å². The fourth-order valence-corrected chi connectivity index (χ4v) is 2.30. The molecule has 1 aromatic heterocycles. The summed E-state index contributed by atoms with van der Waals surface area (Å²) in [4.78, 5) is 16.2. The van der Waals surface area contributed by atoms with Gasteiger partial charge in [0, 0.05) is 11.9 Å². The number of ether oxygens (including phenoxy) is 1. The number of carbonyl (C=O) groups is 1. The first-order valence-electron chi connectivity index (χ1n) is 6.62. The van der Waals surface area contributed by atoms with Crippen molar-refractivity contribution in [1.29, 1.82) is 0 Å². The molecule has 1 atom stereocenters. The van der Waals surface area contributed by atoms with Crippen LogP contribution >= 0.6 is 0 Å². The minimum atomic E-state index is -0.398. The summed E-state index contributed by atoms with van der Waals surface area (Å²) in [7, 11) is 0. The fourth-order valence-electron chi connectivity index (χ4n) is 2.30. The summed E-state index contributed by atoms with van der Waals surface area (Å²) < 4.78 is 5.78. The highest BCUT2D eigenvalue weighted by atomic mass is 16.5. The summed E-state index contributed by atoms with van der Waals surface area (Å²) in [6, 6.07) is 9.79. The summed E-state index contributed by atoms with van der Waals surface area (Å²) in [5, 5.41) is 3.89. The number of hydrogen-bond donors (Lipinski definition) is 1. The molecule has 19 heavy (non-hydrogen) atoms. The Hall–Kier alpha value is -2.10. The molecular formula is C15H16N2O2. The van der Waals surface area contributed by atoms with Gasteiger partial charge in [0.15, 0.2) is 6.10 Å². The Morgan fingerprint density at radius 2 is 2.16 bits per heavy atom. The molecule has 1 aromatic carbocycles. The number of rotatable bonds is 2. The van der Waals surface area contributed by atoms with Crippen molar-refractivity contribution in [3.63, 3.8) is 0 Å². The number of aromatic nitrogens is 1. The molecule has 0 saturated carbocycles. The van der Waals surface area contributed by atoms with Gasteiger partial charge >= 0.3 is 0 Å². The minimum Gasteiger partial charge on any atom is -0.479 e. The predicted octanol–water partition coefficient (Wildman–Crippen LogP) is 2.28. The van der Waals surface area contributed by atoms with Gasteiger partial charge in [-0.15, -0.1) is 0 Å². The number of nitrogens with zero attached hydrogens (tertiary/aromatic N) is 1. The van der Waals surface area contributed by atoms with E-state index in [2.05, 4.69) is 10.3 Å². The largest absolute Gasteiger partial charge is 0.479 e. The van der Waals surface area contributed by atoms with Crippen molar-refractivity contribution in [3.8, 4) is 5.75 Å². The molecule has 0 aliphatic carbocycles. The molecule has 4 heteroatoms. The average molecular weight is 256 g/mol. The van der Waals surface area contributed by atoms with Crippen LogP contribution in [0, 0.1) is 0 Å². The zero-order chi connectivity index (χ0) is 13.1. The van der Waals surface area contributed by atoms with E-state index >= 15 is 0 Å². The number of pyridine rings is 1. The van der Waals surface area contributed by atoms with E-state index in [9.17, 15) is 4.79 Å². The molecule has 0 spiro atoms. The van der Waals surface area contributed by atoms with Gasteiger partial charge in [-0.2, -0.15) is 0 Å². The van der Waals surface area contributed by atoms with Crippen LogP contribution in [0.25, 0.3) is 10.9 Å². The van der Waals surface area contributed by atoms with E-state index in [4.69, 9.17) is 4.74 Å². The number of para-hydroxylation sites is 1. The van der Waals surface area contributed by atoms with Crippen molar-refractivity contribution in [1.82, 2.24) is 10.3 Å². The van der Waals surface area contributed by atoms with Crippen molar-refractivity contribution in [2.45, 2.75) is 25.4 Å². The van der Waals surface area contributed by atoms with Crippen LogP contribution in [0.15, 0.2) is 36.5 Å². The quantitative estimate of drug-likeness (QED) is 0.896. The van der Waals surface area contributed by atoms with Crippen molar-refractivity contribution in [2.75, 3.05) is 6.54 Å². The summed E-state index contributed by atoms with van der Waals surface area (Å²) in [6.45, 7) is 0.745. The second-order valence-electron chi connectivity index (χ2n) is 4.76. The number of fused-ring (bicyclic) bond motifs is 1. The molecule has 0 bridgehead atoms. The van der Waals surface area contributed by atoms with E-state index in [0.717, 1.165) is 36.7 Å². The summed E-state index contributed by atoms with van der Waals surface area (Å²) in [6.07, 6.45) is 4.07. The molecule has 1 aliphatic heterocycles. The number of hydrogen-bond acceptors (Lipinski definition) is 3. The third kappa shape index (κ3) is 2.67. The zero-order valence-electron chi connectivity index (χ0n) is 10.6. The van der Waals surface area contributed by atoms with Crippen LogP contribution in [0.2, 0.25) is 0 Å². The van der Waals surface area contributed by atoms with Crippen molar-refractivity contribution in [3.05, 3.63) is 36.5 Å². The highest BCUT2D eigenvalue weighted by Crippen LogP contribution is 2.20. The molecule has 1 saturated heterocycles. The van der Waals surface area contributed by atoms with Gasteiger partial charge in [0.05, 0.1) is 11.7 Å². The third-order valence-electron chi connectivity index (χ3n) is 3.33. The van der Waals surface area contributed by atoms with Crippen LogP contribution in [-0.4, -0.2) is 23.5 Å². The molecule has 2 heterocycles. The Morgan fingerprint density at radius 1 is 1.26 bits per heavy atom. The first-order valence-corrected chi connectivity index (χ1v) is 6.62. The standard InChI is InChI=1S/C15H16N2O2/c18-15-14(7-3-4-8-16-15)19-12-9-11-5-1-2-6-13(11)17-10-12/h1-2,5-6,9-10,14H,3-4,7-8H2,(H,16,18). The third-order valence-corrected chi connectivity index (χ3v) is 3.33. The summed E-state index contributed by atoms with van der Waals surface area (Å²) in [5.74, 6) is 0.631. The van der Waals surface area contributed by atoms with Gasteiger partial charge in [0.25, 0.3) is 5.91 Å². The molecule has 1 N–H and O–H groups in total. The highest BCUT2D eigenvalue weighted by Gasteiger charge is 2.22. The van der Waals surface area contributed by atoms with E-state index in [-0.39, 0.29) is 5.91 Å². The number of carbonyl (C=O) groups excluding carboxylic acids is 1.